The van der Waals surface area contributed by atoms with E-state index in [1.165, 1.54) is 7.11 Å². The van der Waals surface area contributed by atoms with Gasteiger partial charge in [0, 0.05) is 13.5 Å². The van der Waals surface area contributed by atoms with Crippen molar-refractivity contribution in [3.63, 3.8) is 0 Å². The van der Waals surface area contributed by atoms with Crippen LogP contribution in [0.2, 0.25) is 0 Å². The molecule has 0 bridgehead atoms. The quantitative estimate of drug-likeness (QED) is 0.545. The summed E-state index contributed by atoms with van der Waals surface area (Å²) in [6, 6.07) is 0. The van der Waals surface area contributed by atoms with Gasteiger partial charge in [-0.2, -0.15) is 0 Å². The van der Waals surface area contributed by atoms with Crippen LogP contribution >= 0.6 is 0 Å². The maximum atomic E-state index is 9.26. The van der Waals surface area contributed by atoms with E-state index < -0.39 is 18.5 Å². The van der Waals surface area contributed by atoms with Crippen LogP contribution in [-0.2, 0) is 9.47 Å². The molecule has 2 N–H and O–H groups in total. The SMILES string of the molecule is CO[C@@H]1O[C@@H](C)C[C@@H](O)[C@H]1O. The van der Waals surface area contributed by atoms with Gasteiger partial charge < -0.3 is 19.7 Å². The first-order chi connectivity index (χ1) is 5.15. The second kappa shape index (κ2) is 3.49. The molecule has 1 heterocycles. The smallest absolute Gasteiger partial charge is 0.185 e. The van der Waals surface area contributed by atoms with Gasteiger partial charge in [0.05, 0.1) is 12.2 Å². The number of aliphatic hydroxyl groups excluding tert-OH is 2. The van der Waals surface area contributed by atoms with Gasteiger partial charge in [-0.25, -0.2) is 0 Å². The molecule has 4 heteroatoms. The minimum absolute atomic E-state index is 0.0571. The van der Waals surface area contributed by atoms with Crippen LogP contribution in [-0.4, -0.2) is 41.9 Å². The lowest BCUT2D eigenvalue weighted by molar-refractivity contribution is -0.254. The number of methoxy groups -OCH3 is 1. The third-order valence-corrected chi connectivity index (χ3v) is 1.85. The van der Waals surface area contributed by atoms with E-state index in [0.717, 1.165) is 0 Å². The van der Waals surface area contributed by atoms with Crippen LogP contribution < -0.4 is 0 Å². The highest BCUT2D eigenvalue weighted by Gasteiger charge is 2.34. The molecule has 1 aliphatic rings. The van der Waals surface area contributed by atoms with Gasteiger partial charge in [0.2, 0.25) is 0 Å². The van der Waals surface area contributed by atoms with Crippen molar-refractivity contribution in [2.45, 2.75) is 37.9 Å². The predicted octanol–water partition coefficient (Wildman–Crippen LogP) is -0.510. The molecule has 4 nitrogen and oxygen atoms in total. The fourth-order valence-electron chi connectivity index (χ4n) is 1.22. The summed E-state index contributed by atoms with van der Waals surface area (Å²) in [6.07, 6.45) is -1.94. The first-order valence-electron chi connectivity index (χ1n) is 3.69. The Kier molecular flexibility index (Phi) is 2.84. The minimum atomic E-state index is -0.920. The summed E-state index contributed by atoms with van der Waals surface area (Å²) >= 11 is 0. The molecule has 11 heavy (non-hydrogen) atoms. The molecule has 1 aliphatic heterocycles. The average Bonchev–Trinajstić information content (AvgIpc) is 1.96. The van der Waals surface area contributed by atoms with E-state index in [1.807, 2.05) is 6.92 Å². The summed E-state index contributed by atoms with van der Waals surface area (Å²) < 4.78 is 10.00. The van der Waals surface area contributed by atoms with Gasteiger partial charge in [0.15, 0.2) is 6.29 Å². The van der Waals surface area contributed by atoms with E-state index in [0.29, 0.717) is 6.42 Å². The number of ether oxygens (including phenoxy) is 2. The summed E-state index contributed by atoms with van der Waals surface area (Å²) in [7, 11) is 1.44. The zero-order valence-electron chi connectivity index (χ0n) is 6.73. The third kappa shape index (κ3) is 1.90. The van der Waals surface area contributed by atoms with Gasteiger partial charge in [0.1, 0.15) is 6.10 Å². The van der Waals surface area contributed by atoms with Crippen LogP contribution in [0, 0.1) is 0 Å². The molecule has 0 amide bonds. The highest BCUT2D eigenvalue weighted by molar-refractivity contribution is 4.78. The first kappa shape index (κ1) is 8.93. The Morgan fingerprint density at radius 3 is 2.64 bits per heavy atom. The zero-order chi connectivity index (χ0) is 8.43. The molecule has 0 aromatic carbocycles. The number of aliphatic hydroxyl groups is 2. The Hall–Kier alpha value is -0.160. The molecule has 4 atom stereocenters. The Morgan fingerprint density at radius 2 is 2.09 bits per heavy atom. The summed E-state index contributed by atoms with van der Waals surface area (Å²) in [5.74, 6) is 0. The Bertz CT molecular complexity index is 128. The van der Waals surface area contributed by atoms with E-state index >= 15 is 0 Å². The van der Waals surface area contributed by atoms with Gasteiger partial charge in [-0.3, -0.25) is 0 Å². The van der Waals surface area contributed by atoms with Crippen LogP contribution in [0.5, 0.6) is 0 Å². The molecule has 0 aromatic heterocycles. The van der Waals surface area contributed by atoms with Crippen molar-refractivity contribution in [1.29, 1.82) is 0 Å². The molecule has 66 valence electrons. The molecule has 1 rings (SSSR count). The van der Waals surface area contributed by atoms with Gasteiger partial charge in [-0.05, 0) is 6.92 Å². The van der Waals surface area contributed by atoms with Gasteiger partial charge in [-0.15, -0.1) is 0 Å². The third-order valence-electron chi connectivity index (χ3n) is 1.85. The van der Waals surface area contributed by atoms with E-state index in [-0.39, 0.29) is 6.10 Å². The van der Waals surface area contributed by atoms with Crippen molar-refractivity contribution in [3.8, 4) is 0 Å². The first-order valence-corrected chi connectivity index (χ1v) is 3.69. The van der Waals surface area contributed by atoms with Crippen LogP contribution in [0.25, 0.3) is 0 Å². The van der Waals surface area contributed by atoms with Crippen LogP contribution in [0.15, 0.2) is 0 Å². The molecular weight excluding hydrogens is 148 g/mol. The number of hydrogen-bond donors (Lipinski definition) is 2. The molecule has 1 fully saturated rings. The van der Waals surface area contributed by atoms with Crippen molar-refractivity contribution in [2.75, 3.05) is 7.11 Å². The van der Waals surface area contributed by atoms with E-state index in [1.54, 1.807) is 0 Å². The Balaban J connectivity index is 2.51. The van der Waals surface area contributed by atoms with Crippen molar-refractivity contribution in [2.24, 2.45) is 0 Å². The maximum absolute atomic E-state index is 9.26. The summed E-state index contributed by atoms with van der Waals surface area (Å²) in [5, 5.41) is 18.5. The second-order valence-corrected chi connectivity index (χ2v) is 2.84. The lowest BCUT2D eigenvalue weighted by Gasteiger charge is -2.34. The predicted molar refractivity (Wildman–Crippen MR) is 38.0 cm³/mol. The van der Waals surface area contributed by atoms with Crippen LogP contribution in [0.3, 0.4) is 0 Å². The topological polar surface area (TPSA) is 58.9 Å². The van der Waals surface area contributed by atoms with Gasteiger partial charge in [-0.1, -0.05) is 0 Å². The number of rotatable bonds is 1. The minimum Gasteiger partial charge on any atom is -0.390 e. The molecule has 0 aromatic rings. The highest BCUT2D eigenvalue weighted by Crippen LogP contribution is 2.19. The Labute approximate surface area is 65.7 Å². The lowest BCUT2D eigenvalue weighted by atomic mass is 10.0. The molecule has 0 saturated carbocycles. The van der Waals surface area contributed by atoms with E-state index in [4.69, 9.17) is 9.47 Å². The number of hydrogen-bond acceptors (Lipinski definition) is 4. The van der Waals surface area contributed by atoms with Gasteiger partial charge in [0.25, 0.3) is 0 Å². The molecule has 0 unspecified atom stereocenters. The molecule has 0 radical (unpaired) electrons. The summed E-state index contributed by atoms with van der Waals surface area (Å²) in [6.45, 7) is 1.83. The molecule has 1 saturated heterocycles. The van der Waals surface area contributed by atoms with E-state index in [9.17, 15) is 10.2 Å². The standard InChI is InChI=1S/C7H14O4/c1-4-3-5(8)6(9)7(10-2)11-4/h4-9H,3H2,1-2H3/t4-,5+,6+,7+/m0/s1. The van der Waals surface area contributed by atoms with Gasteiger partial charge >= 0.3 is 0 Å². The van der Waals surface area contributed by atoms with Crippen molar-refractivity contribution >= 4 is 0 Å². The van der Waals surface area contributed by atoms with E-state index in [2.05, 4.69) is 0 Å². The largest absolute Gasteiger partial charge is 0.390 e. The Morgan fingerprint density at radius 1 is 1.45 bits per heavy atom. The van der Waals surface area contributed by atoms with Crippen molar-refractivity contribution in [3.05, 3.63) is 0 Å². The molecule has 0 aliphatic carbocycles. The summed E-state index contributed by atoms with van der Waals surface area (Å²) in [5.41, 5.74) is 0. The second-order valence-electron chi connectivity index (χ2n) is 2.84. The highest BCUT2D eigenvalue weighted by atomic mass is 16.7. The van der Waals surface area contributed by atoms with Crippen molar-refractivity contribution in [1.82, 2.24) is 0 Å². The monoisotopic (exact) mass is 162 g/mol. The lowest BCUT2D eigenvalue weighted by Crippen LogP contribution is -2.48. The average molecular weight is 162 g/mol. The fourth-order valence-corrected chi connectivity index (χ4v) is 1.22. The fraction of sp³-hybridized carbons (Fsp3) is 1.00. The van der Waals surface area contributed by atoms with Crippen LogP contribution in [0.4, 0.5) is 0 Å². The van der Waals surface area contributed by atoms with Crippen molar-refractivity contribution < 1.29 is 19.7 Å². The molecular formula is C7H14O4. The molecule has 0 spiro atoms. The summed E-state index contributed by atoms with van der Waals surface area (Å²) in [4.78, 5) is 0. The normalized spacial score (nSPS) is 45.8. The van der Waals surface area contributed by atoms with Crippen LogP contribution in [0.1, 0.15) is 13.3 Å². The zero-order valence-corrected chi connectivity index (χ0v) is 6.73. The maximum Gasteiger partial charge on any atom is 0.185 e.